The molecule has 3 heteroatoms. The van der Waals surface area contributed by atoms with E-state index < -0.39 is 0 Å². The minimum absolute atomic E-state index is 0.126. The maximum Gasteiger partial charge on any atom is 0.0713 e. The van der Waals surface area contributed by atoms with Crippen LogP contribution in [0.1, 0.15) is 30.3 Å². The van der Waals surface area contributed by atoms with Crippen LogP contribution in [0.25, 0.3) is 10.4 Å². The molecule has 102 valence electrons. The molecule has 0 amide bonds. The molecular weight excluding hydrogens is 254 g/mol. The number of nitrogens with two attached hydrogens (primary N) is 1. The van der Waals surface area contributed by atoms with Crippen molar-refractivity contribution in [3.63, 3.8) is 0 Å². The molecule has 0 spiro atoms. The Morgan fingerprint density at radius 1 is 1.21 bits per heavy atom. The standard InChI is InChI=1S/C16H21NOS/c1-11(2)16(17)15-8-7-14(19-15)13-6-4-5-12(9-13)10-18-3/h4-9,11,16H,10,17H2,1-3H3. The summed E-state index contributed by atoms with van der Waals surface area (Å²) in [6.07, 6.45) is 0. The van der Waals surface area contributed by atoms with Crippen LogP contribution in [0.15, 0.2) is 36.4 Å². The predicted octanol–water partition coefficient (Wildman–Crippen LogP) is 4.22. The van der Waals surface area contributed by atoms with Gasteiger partial charge in [0.05, 0.1) is 6.61 Å². The van der Waals surface area contributed by atoms with Crippen LogP contribution >= 0.6 is 11.3 Å². The third-order valence-electron chi connectivity index (χ3n) is 3.20. The van der Waals surface area contributed by atoms with Crippen molar-refractivity contribution in [2.24, 2.45) is 11.7 Å². The second-order valence-corrected chi connectivity index (χ2v) is 6.22. The molecule has 0 saturated carbocycles. The van der Waals surface area contributed by atoms with Gasteiger partial charge in [0, 0.05) is 22.9 Å². The van der Waals surface area contributed by atoms with Gasteiger partial charge in [0.15, 0.2) is 0 Å². The largest absolute Gasteiger partial charge is 0.380 e. The Morgan fingerprint density at radius 3 is 2.68 bits per heavy atom. The molecule has 1 unspecified atom stereocenters. The molecular formula is C16H21NOS. The SMILES string of the molecule is COCc1cccc(-c2ccc(C(N)C(C)C)s2)c1. The fourth-order valence-electron chi connectivity index (χ4n) is 2.00. The van der Waals surface area contributed by atoms with Gasteiger partial charge in [-0.05, 0) is 35.2 Å². The van der Waals surface area contributed by atoms with Gasteiger partial charge in [0.1, 0.15) is 0 Å². The Bertz CT molecular complexity index is 533. The summed E-state index contributed by atoms with van der Waals surface area (Å²) < 4.78 is 5.18. The van der Waals surface area contributed by atoms with Gasteiger partial charge in [-0.1, -0.05) is 32.0 Å². The summed E-state index contributed by atoms with van der Waals surface area (Å²) in [5.41, 5.74) is 8.63. The van der Waals surface area contributed by atoms with Crippen LogP contribution < -0.4 is 5.73 Å². The van der Waals surface area contributed by atoms with Crippen molar-refractivity contribution in [1.82, 2.24) is 0 Å². The Hall–Kier alpha value is -1.16. The molecule has 0 bridgehead atoms. The number of methoxy groups -OCH3 is 1. The smallest absolute Gasteiger partial charge is 0.0713 e. The van der Waals surface area contributed by atoms with E-state index in [-0.39, 0.29) is 6.04 Å². The van der Waals surface area contributed by atoms with Crippen molar-refractivity contribution in [2.75, 3.05) is 7.11 Å². The van der Waals surface area contributed by atoms with E-state index in [0.29, 0.717) is 12.5 Å². The molecule has 0 radical (unpaired) electrons. The zero-order valence-electron chi connectivity index (χ0n) is 11.7. The van der Waals surface area contributed by atoms with Crippen molar-refractivity contribution in [2.45, 2.75) is 26.5 Å². The highest BCUT2D eigenvalue weighted by atomic mass is 32.1. The molecule has 0 fully saturated rings. The van der Waals surface area contributed by atoms with E-state index in [1.54, 1.807) is 18.4 Å². The van der Waals surface area contributed by atoms with Crippen LogP contribution in [-0.2, 0) is 11.3 Å². The Balaban J connectivity index is 2.25. The molecule has 1 heterocycles. The monoisotopic (exact) mass is 275 g/mol. The molecule has 2 aromatic rings. The van der Waals surface area contributed by atoms with Gasteiger partial charge in [-0.3, -0.25) is 0 Å². The van der Waals surface area contributed by atoms with Crippen LogP contribution in [0, 0.1) is 5.92 Å². The Labute approximate surface area is 119 Å². The van der Waals surface area contributed by atoms with E-state index in [9.17, 15) is 0 Å². The maximum absolute atomic E-state index is 6.20. The van der Waals surface area contributed by atoms with E-state index >= 15 is 0 Å². The fraction of sp³-hybridized carbons (Fsp3) is 0.375. The van der Waals surface area contributed by atoms with Gasteiger partial charge in [-0.15, -0.1) is 11.3 Å². The first kappa shape index (κ1) is 14.3. The molecule has 0 aliphatic heterocycles. The topological polar surface area (TPSA) is 35.2 Å². The van der Waals surface area contributed by atoms with Crippen LogP contribution in [0.2, 0.25) is 0 Å². The lowest BCUT2D eigenvalue weighted by molar-refractivity contribution is 0.185. The fourth-order valence-corrected chi connectivity index (χ4v) is 3.18. The molecule has 0 aliphatic carbocycles. The third-order valence-corrected chi connectivity index (χ3v) is 4.43. The molecule has 2 rings (SSSR count). The van der Waals surface area contributed by atoms with Crippen LogP contribution in [0.3, 0.4) is 0 Å². The Kier molecular flexibility index (Phi) is 4.75. The molecule has 19 heavy (non-hydrogen) atoms. The van der Waals surface area contributed by atoms with Crippen molar-refractivity contribution in [1.29, 1.82) is 0 Å². The van der Waals surface area contributed by atoms with E-state index in [2.05, 4.69) is 50.2 Å². The molecule has 2 nitrogen and oxygen atoms in total. The van der Waals surface area contributed by atoms with Crippen molar-refractivity contribution in [3.8, 4) is 10.4 Å². The van der Waals surface area contributed by atoms with Crippen LogP contribution in [0.5, 0.6) is 0 Å². The number of thiophene rings is 1. The maximum atomic E-state index is 6.20. The average Bonchev–Trinajstić information content (AvgIpc) is 2.88. The first-order valence-electron chi connectivity index (χ1n) is 6.55. The molecule has 1 atom stereocenters. The lowest BCUT2D eigenvalue weighted by Gasteiger charge is -2.12. The van der Waals surface area contributed by atoms with E-state index in [1.165, 1.54) is 20.9 Å². The van der Waals surface area contributed by atoms with Gasteiger partial charge in [0.25, 0.3) is 0 Å². The minimum Gasteiger partial charge on any atom is -0.380 e. The number of ether oxygens (including phenoxy) is 1. The zero-order chi connectivity index (χ0) is 13.8. The molecule has 0 saturated heterocycles. The second-order valence-electron chi connectivity index (χ2n) is 5.11. The summed E-state index contributed by atoms with van der Waals surface area (Å²) in [4.78, 5) is 2.52. The number of hydrogen-bond donors (Lipinski definition) is 1. The number of rotatable bonds is 5. The van der Waals surface area contributed by atoms with Crippen LogP contribution in [-0.4, -0.2) is 7.11 Å². The minimum atomic E-state index is 0.126. The summed E-state index contributed by atoms with van der Waals surface area (Å²) >= 11 is 1.78. The first-order chi connectivity index (χ1) is 9.11. The second kappa shape index (κ2) is 6.33. The van der Waals surface area contributed by atoms with Crippen LogP contribution in [0.4, 0.5) is 0 Å². The first-order valence-corrected chi connectivity index (χ1v) is 7.37. The normalized spacial score (nSPS) is 12.9. The summed E-state index contributed by atoms with van der Waals surface area (Å²) in [6, 6.07) is 12.9. The molecule has 1 aromatic heterocycles. The third kappa shape index (κ3) is 3.44. The quantitative estimate of drug-likeness (QED) is 0.886. The highest BCUT2D eigenvalue weighted by molar-refractivity contribution is 7.15. The number of hydrogen-bond acceptors (Lipinski definition) is 3. The lowest BCUT2D eigenvalue weighted by atomic mass is 10.0. The van der Waals surface area contributed by atoms with Gasteiger partial charge in [-0.2, -0.15) is 0 Å². The average molecular weight is 275 g/mol. The number of benzene rings is 1. The highest BCUT2D eigenvalue weighted by Crippen LogP contribution is 2.33. The van der Waals surface area contributed by atoms with E-state index in [4.69, 9.17) is 10.5 Å². The lowest BCUT2D eigenvalue weighted by Crippen LogP contribution is -2.14. The zero-order valence-corrected chi connectivity index (χ0v) is 12.5. The van der Waals surface area contributed by atoms with E-state index in [1.807, 2.05) is 0 Å². The summed E-state index contributed by atoms with van der Waals surface area (Å²) in [5.74, 6) is 0.464. The van der Waals surface area contributed by atoms with Crippen molar-refractivity contribution >= 4 is 11.3 Å². The highest BCUT2D eigenvalue weighted by Gasteiger charge is 2.13. The van der Waals surface area contributed by atoms with Gasteiger partial charge in [-0.25, -0.2) is 0 Å². The van der Waals surface area contributed by atoms with Crippen molar-refractivity contribution in [3.05, 3.63) is 46.8 Å². The Morgan fingerprint density at radius 2 is 2.00 bits per heavy atom. The van der Waals surface area contributed by atoms with Gasteiger partial charge in [0.2, 0.25) is 0 Å². The van der Waals surface area contributed by atoms with E-state index in [0.717, 1.165) is 0 Å². The summed E-state index contributed by atoms with van der Waals surface area (Å²) in [7, 11) is 1.72. The van der Waals surface area contributed by atoms with Gasteiger partial charge < -0.3 is 10.5 Å². The summed E-state index contributed by atoms with van der Waals surface area (Å²) in [5, 5.41) is 0. The predicted molar refractivity (Wildman–Crippen MR) is 82.2 cm³/mol. The molecule has 2 N–H and O–H groups in total. The van der Waals surface area contributed by atoms with Gasteiger partial charge >= 0.3 is 0 Å². The molecule has 0 aliphatic rings. The molecule has 1 aromatic carbocycles. The van der Waals surface area contributed by atoms with Crippen molar-refractivity contribution < 1.29 is 4.74 Å². The summed E-state index contributed by atoms with van der Waals surface area (Å²) in [6.45, 7) is 4.96.